The average Bonchev–Trinajstić information content (AvgIpc) is 1.66. The third kappa shape index (κ3) is 17.4. The predicted octanol–water partition coefficient (Wildman–Crippen LogP) is 9.74. The molecule has 608 valence electrons. The summed E-state index contributed by atoms with van der Waals surface area (Å²) in [6, 6.07) is 35.7. The fourth-order valence-corrected chi connectivity index (χ4v) is 17.2. The van der Waals surface area contributed by atoms with Gasteiger partial charge in [0.15, 0.2) is 22.6 Å². The van der Waals surface area contributed by atoms with Crippen LogP contribution in [0.1, 0.15) is 63.8 Å². The van der Waals surface area contributed by atoms with Gasteiger partial charge in [-0.25, -0.2) is 38.0 Å². The van der Waals surface area contributed by atoms with Gasteiger partial charge in [0.25, 0.3) is 0 Å². The van der Waals surface area contributed by atoms with E-state index in [1.54, 1.807) is 0 Å². The van der Waals surface area contributed by atoms with Gasteiger partial charge in [0.1, 0.15) is 72.2 Å². The summed E-state index contributed by atoms with van der Waals surface area (Å²) in [6.07, 6.45) is 15.6. The van der Waals surface area contributed by atoms with Gasteiger partial charge in [0.2, 0.25) is 0 Å². The number of nitrogens with one attached hydrogen (secondary N) is 7. The zero-order valence-corrected chi connectivity index (χ0v) is 68.9. The van der Waals surface area contributed by atoms with E-state index in [1.807, 2.05) is 91.9 Å². The molecule has 4 fully saturated rings. The Labute approximate surface area is 679 Å². The first-order valence-corrected chi connectivity index (χ1v) is 41.5. The zero-order chi connectivity index (χ0) is 79.7. The van der Waals surface area contributed by atoms with E-state index >= 15 is 0 Å². The molecule has 1 unspecified atom stereocenters. The lowest BCUT2D eigenvalue weighted by Crippen LogP contribution is -2.63. The van der Waals surface area contributed by atoms with Crippen molar-refractivity contribution >= 4 is 45.9 Å². The van der Waals surface area contributed by atoms with Crippen LogP contribution in [0, 0.1) is 33.6 Å². The summed E-state index contributed by atoms with van der Waals surface area (Å²) in [5.74, 6) is 7.81. The van der Waals surface area contributed by atoms with Crippen LogP contribution in [0.2, 0.25) is 0 Å². The lowest BCUT2D eigenvalue weighted by atomic mass is 9.99. The molecular formula is C88H112N24O4. The second-order valence-electron chi connectivity index (χ2n) is 33.6. The molecule has 8 aromatic heterocycles. The van der Waals surface area contributed by atoms with E-state index in [0.29, 0.717) is 62.0 Å². The number of rotatable bonds is 1. The Morgan fingerprint density at radius 2 is 0.845 bits per heavy atom. The van der Waals surface area contributed by atoms with Crippen molar-refractivity contribution in [1.29, 1.82) is 0 Å². The van der Waals surface area contributed by atoms with Gasteiger partial charge >= 0.3 is 0 Å². The number of nitrogens with zero attached hydrogens (tertiary/aromatic N) is 17. The van der Waals surface area contributed by atoms with Gasteiger partial charge in [-0.1, -0.05) is 38.1 Å². The van der Waals surface area contributed by atoms with Crippen LogP contribution in [-0.4, -0.2) is 264 Å². The zero-order valence-electron chi connectivity index (χ0n) is 68.9. The van der Waals surface area contributed by atoms with Gasteiger partial charge in [-0.05, 0) is 179 Å². The lowest BCUT2D eigenvalue weighted by Gasteiger charge is -2.44. The lowest BCUT2D eigenvalue weighted by molar-refractivity contribution is 0.0674. The quantitative estimate of drug-likeness (QED) is 0.0807. The number of piperazine rings is 3. The summed E-state index contributed by atoms with van der Waals surface area (Å²) in [5.41, 5.74) is 16.9. The van der Waals surface area contributed by atoms with Crippen LogP contribution in [-0.2, 0) is 0 Å². The summed E-state index contributed by atoms with van der Waals surface area (Å²) in [7, 11) is 2.13. The van der Waals surface area contributed by atoms with Crippen LogP contribution in [0.15, 0.2) is 147 Å². The third-order valence-corrected chi connectivity index (χ3v) is 24.1. The minimum atomic E-state index is 0.0998. The summed E-state index contributed by atoms with van der Waals surface area (Å²) < 4.78 is 32.6. The highest BCUT2D eigenvalue weighted by atomic mass is 16.5. The molecule has 8 atom stereocenters. The molecular weight excluding hydrogens is 1460 g/mol. The molecule has 0 saturated carbocycles. The minimum absolute atomic E-state index is 0.0998. The van der Waals surface area contributed by atoms with Crippen LogP contribution >= 0.6 is 0 Å². The van der Waals surface area contributed by atoms with Gasteiger partial charge in [0.05, 0.1) is 42.9 Å². The third-order valence-electron chi connectivity index (χ3n) is 24.1. The van der Waals surface area contributed by atoms with Crippen molar-refractivity contribution in [1.82, 2.24) is 99.3 Å². The maximum Gasteiger partial charge on any atom is 0.165 e. The van der Waals surface area contributed by atoms with E-state index in [2.05, 4.69) is 231 Å². The minimum Gasteiger partial charge on any atom is -0.492 e. The molecule has 28 heteroatoms. The van der Waals surface area contributed by atoms with Crippen molar-refractivity contribution in [2.75, 3.05) is 159 Å². The molecule has 4 saturated heterocycles. The number of anilines is 4. The second-order valence-corrected chi connectivity index (χ2v) is 33.6. The fraction of sp³-hybridized carbons (Fsp3) is 0.455. The molecule has 7 N–H and O–H groups in total. The molecule has 8 aliphatic rings. The molecule has 28 nitrogen and oxygen atoms in total. The Balaban J connectivity index is 0.000000111. The van der Waals surface area contributed by atoms with Crippen molar-refractivity contribution in [2.24, 2.45) is 5.92 Å². The van der Waals surface area contributed by atoms with Crippen molar-refractivity contribution in [3.05, 3.63) is 169 Å². The monoisotopic (exact) mass is 1570 g/mol. The van der Waals surface area contributed by atoms with Crippen molar-refractivity contribution in [3.8, 4) is 67.5 Å². The summed E-state index contributed by atoms with van der Waals surface area (Å²) in [5, 5.41) is 43.0. The highest BCUT2D eigenvalue weighted by molar-refractivity contribution is 5.84. The van der Waals surface area contributed by atoms with E-state index in [0.717, 1.165) is 225 Å². The van der Waals surface area contributed by atoms with E-state index in [9.17, 15) is 0 Å². The van der Waals surface area contributed by atoms with Crippen LogP contribution in [0.4, 0.5) is 23.3 Å². The van der Waals surface area contributed by atoms with E-state index in [1.165, 1.54) is 22.3 Å². The van der Waals surface area contributed by atoms with Crippen LogP contribution in [0.3, 0.4) is 0 Å². The van der Waals surface area contributed by atoms with Gasteiger partial charge in [-0.3, -0.25) is 19.6 Å². The molecule has 20 rings (SSSR count). The SMILES string of the molecule is Cc1ccc2cc1-c1cnn3ccc(nc13)N(C)CCN1C[C@H](C(C)C)NC[C@H]1CO2.Cc1ccc2cc1-c1cnn3ccc(nc13)NCCN1CC(C)(C)NC[C@H]1CO2.Cc1ccc2cc1-c1cnn3ccc(nc13)NCCN1C[C@@H](CN[C@@H](C)C1)O2.Cc1ccc2cc1-c1cnn3ccc(nc13)NCCN1C[C@H](C)NC[C@H]1CO2. The highest BCUT2D eigenvalue weighted by Crippen LogP contribution is 2.37. The van der Waals surface area contributed by atoms with Crippen LogP contribution in [0.25, 0.3) is 67.1 Å². The molecule has 116 heavy (non-hydrogen) atoms. The topological polar surface area (TPSA) is 258 Å². The Kier molecular flexibility index (Phi) is 22.8. The van der Waals surface area contributed by atoms with Crippen molar-refractivity contribution < 1.29 is 18.9 Å². The number of likely N-dealkylation sites (N-methyl/N-ethyl adjacent to an activating group) is 1. The van der Waals surface area contributed by atoms with E-state index in [4.69, 9.17) is 38.9 Å². The van der Waals surface area contributed by atoms with Crippen molar-refractivity contribution in [2.45, 2.75) is 117 Å². The maximum atomic E-state index is 6.41. The first kappa shape index (κ1) is 78.0. The molecule has 0 aliphatic carbocycles. The molecule has 12 aromatic rings. The molecule has 8 aliphatic heterocycles. The fourth-order valence-electron chi connectivity index (χ4n) is 17.2. The molecule has 18 bridgehead atoms. The molecule has 4 aromatic carbocycles. The number of aryl methyl sites for hydroxylation is 4. The van der Waals surface area contributed by atoms with Gasteiger partial charge in [-0.2, -0.15) is 20.4 Å². The average molecular weight is 1570 g/mol. The van der Waals surface area contributed by atoms with E-state index in [-0.39, 0.29) is 11.6 Å². The van der Waals surface area contributed by atoms with Crippen LogP contribution < -0.4 is 61.1 Å². The molecule has 0 spiro atoms. The number of benzene rings is 4. The van der Waals surface area contributed by atoms with Gasteiger partial charge in [-0.15, -0.1) is 0 Å². The normalized spacial score (nSPS) is 23.0. The smallest absolute Gasteiger partial charge is 0.165 e. The standard InChI is InChI=1S/C24H32N6O.C22H28N6O.2C21H26N6O/c1-16(2)22-14-29-10-9-28(4)23-7-8-30-24(27-23)21(13-26-30)20-11-19(6-5-17(20)3)31-15-18(29)12-25-22;1-15-4-5-17-10-18(15)19-12-25-28-8-6-20(26-21(19)28)23-7-9-27-14-22(2,3)24-11-16(27)13-29-17;1-14-3-4-17-9-18(14)19-11-24-27-7-5-20(25-21(19)27)22-6-8-26-12-15(2)23-10-16(26)13-28-17;1-14-3-4-16-9-18(14)19-11-24-27-7-5-20(25-21(19)27)22-6-8-26-12-15(2)23-10-17(13-26)28-16/h5-8,11,13,16,18,22,25H,9-10,12,14-15H2,1-4H3;4-6,8,10,12,16,24H,7,9,11,13-14H2,1-3H3,(H,23,26);3-5,7,9,11,15-16,23H,6,8,10,12-13H2,1-2H3,(H,22,25);3-5,7,9,11,15,17,23H,6,8,10,12-13H2,1-2H3,(H,22,25)/t18-,22+;16-;15-,16-;15-,17+/m0000/s1. The molecule has 0 amide bonds. The second kappa shape index (κ2) is 33.9. The first-order chi connectivity index (χ1) is 56.3. The van der Waals surface area contributed by atoms with E-state index < -0.39 is 0 Å². The number of hydrogen-bond donors (Lipinski definition) is 7. The first-order valence-electron chi connectivity index (χ1n) is 41.5. The van der Waals surface area contributed by atoms with Gasteiger partial charge < -0.3 is 61.1 Å². The number of ether oxygens (including phenoxy) is 4. The highest BCUT2D eigenvalue weighted by Gasteiger charge is 2.35. The summed E-state index contributed by atoms with van der Waals surface area (Å²) in [4.78, 5) is 31.8. The summed E-state index contributed by atoms with van der Waals surface area (Å²) in [6.45, 7) is 40.0. The number of fused-ring (bicyclic) bond motifs is 21. The largest absolute Gasteiger partial charge is 0.492 e. The summed E-state index contributed by atoms with van der Waals surface area (Å²) >= 11 is 0. The number of hydrogen-bond acceptors (Lipinski definition) is 24. The number of aromatic nitrogens is 12. The Bertz CT molecular complexity index is 5440. The van der Waals surface area contributed by atoms with Crippen LogP contribution in [0.5, 0.6) is 23.0 Å². The van der Waals surface area contributed by atoms with Gasteiger partial charge in [0, 0.05) is 189 Å². The Hall–Kier alpha value is -10.6. The Morgan fingerprint density at radius 3 is 1.35 bits per heavy atom. The predicted molar refractivity (Wildman–Crippen MR) is 458 cm³/mol. The Morgan fingerprint density at radius 1 is 0.422 bits per heavy atom. The molecule has 16 heterocycles. The van der Waals surface area contributed by atoms with Crippen molar-refractivity contribution in [3.63, 3.8) is 0 Å². The maximum absolute atomic E-state index is 6.41. The molecule has 0 radical (unpaired) electrons.